The molecule has 5 nitrogen and oxygen atoms in total. The number of likely N-dealkylation sites (tertiary alicyclic amines) is 1. The zero-order valence-electron chi connectivity index (χ0n) is 10.7. The van der Waals surface area contributed by atoms with Gasteiger partial charge in [0.15, 0.2) is 0 Å². The molecule has 102 valence electrons. The molecule has 0 radical (unpaired) electrons. The Labute approximate surface area is 115 Å². The largest absolute Gasteiger partial charge is 0.342 e. The molecule has 0 bridgehead atoms. The molecule has 1 aromatic heterocycles. The minimum atomic E-state index is -0.326. The van der Waals surface area contributed by atoms with Crippen LogP contribution in [0.3, 0.4) is 0 Å². The number of amides is 2. The molecule has 19 heavy (non-hydrogen) atoms. The van der Waals surface area contributed by atoms with Crippen molar-refractivity contribution in [1.29, 1.82) is 0 Å². The van der Waals surface area contributed by atoms with E-state index in [1.54, 1.807) is 0 Å². The van der Waals surface area contributed by atoms with Crippen LogP contribution >= 0.6 is 11.3 Å². The quantitative estimate of drug-likeness (QED) is 0.836. The van der Waals surface area contributed by atoms with Gasteiger partial charge in [0.2, 0.25) is 5.91 Å². The van der Waals surface area contributed by atoms with Crippen LogP contribution in [0, 0.1) is 6.92 Å². The zero-order chi connectivity index (χ0) is 13.8. The molecule has 1 saturated heterocycles. The van der Waals surface area contributed by atoms with E-state index in [-0.39, 0.29) is 24.4 Å². The van der Waals surface area contributed by atoms with Crippen LogP contribution in [0.15, 0.2) is 11.4 Å². The standard InChI is InChI=1S/C13H16N2O3S/c1-9-4-6-19-12(9)13(18)14-7-11(17)15-5-2-3-10(15)8-16/h4,6,8,10H,2-3,5,7H2,1H3,(H,14,18)/t10-/m0/s1. The molecule has 0 saturated carbocycles. The summed E-state index contributed by atoms with van der Waals surface area (Å²) >= 11 is 1.35. The van der Waals surface area contributed by atoms with E-state index in [0.29, 0.717) is 17.8 Å². The van der Waals surface area contributed by atoms with E-state index in [9.17, 15) is 14.4 Å². The lowest BCUT2D eigenvalue weighted by atomic mass is 10.2. The number of aldehydes is 1. The first kappa shape index (κ1) is 13.7. The average molecular weight is 280 g/mol. The van der Waals surface area contributed by atoms with Crippen LogP contribution in [-0.4, -0.2) is 42.1 Å². The molecule has 1 N–H and O–H groups in total. The van der Waals surface area contributed by atoms with Gasteiger partial charge in [-0.2, -0.15) is 0 Å². The summed E-state index contributed by atoms with van der Waals surface area (Å²) < 4.78 is 0. The zero-order valence-corrected chi connectivity index (χ0v) is 11.5. The molecule has 2 rings (SSSR count). The number of nitrogens with one attached hydrogen (secondary N) is 1. The summed E-state index contributed by atoms with van der Waals surface area (Å²) in [5, 5.41) is 4.45. The number of rotatable bonds is 4. The summed E-state index contributed by atoms with van der Waals surface area (Å²) in [6, 6.07) is 1.54. The van der Waals surface area contributed by atoms with Crippen molar-refractivity contribution in [2.75, 3.05) is 13.1 Å². The Bertz CT molecular complexity index is 498. The van der Waals surface area contributed by atoms with Crippen molar-refractivity contribution in [2.45, 2.75) is 25.8 Å². The summed E-state index contributed by atoms with van der Waals surface area (Å²) in [6.45, 7) is 2.40. The third-order valence-corrected chi connectivity index (χ3v) is 4.26. The Balaban J connectivity index is 1.89. The van der Waals surface area contributed by atoms with Gasteiger partial charge in [-0.25, -0.2) is 0 Å². The third kappa shape index (κ3) is 3.01. The van der Waals surface area contributed by atoms with E-state index in [2.05, 4.69) is 5.32 Å². The van der Waals surface area contributed by atoms with Crippen molar-refractivity contribution < 1.29 is 14.4 Å². The topological polar surface area (TPSA) is 66.5 Å². The van der Waals surface area contributed by atoms with Gasteiger partial charge in [-0.05, 0) is 36.8 Å². The molecule has 0 spiro atoms. The second-order valence-corrected chi connectivity index (χ2v) is 5.46. The summed E-state index contributed by atoms with van der Waals surface area (Å²) in [5.74, 6) is -0.431. The monoisotopic (exact) mass is 280 g/mol. The van der Waals surface area contributed by atoms with E-state index in [1.807, 2.05) is 18.4 Å². The number of aryl methyl sites for hydroxylation is 1. The van der Waals surface area contributed by atoms with E-state index < -0.39 is 0 Å². The summed E-state index contributed by atoms with van der Waals surface area (Å²) in [7, 11) is 0. The normalized spacial score (nSPS) is 18.4. The van der Waals surface area contributed by atoms with E-state index in [0.717, 1.165) is 18.3 Å². The van der Waals surface area contributed by atoms with Gasteiger partial charge in [0.1, 0.15) is 6.29 Å². The molecule has 6 heteroatoms. The fraction of sp³-hybridized carbons (Fsp3) is 0.462. The summed E-state index contributed by atoms with van der Waals surface area (Å²) in [4.78, 5) is 36.8. The summed E-state index contributed by atoms with van der Waals surface area (Å²) in [5.41, 5.74) is 0.905. The van der Waals surface area contributed by atoms with Crippen molar-refractivity contribution in [3.05, 3.63) is 21.9 Å². The van der Waals surface area contributed by atoms with Gasteiger partial charge in [-0.15, -0.1) is 11.3 Å². The van der Waals surface area contributed by atoms with Crippen LogP contribution in [0.5, 0.6) is 0 Å². The SMILES string of the molecule is Cc1ccsc1C(=O)NCC(=O)N1CCC[C@H]1C=O. The number of hydrogen-bond acceptors (Lipinski definition) is 4. The Kier molecular flexibility index (Phi) is 4.31. The minimum Gasteiger partial charge on any atom is -0.342 e. The molecule has 1 atom stereocenters. The van der Waals surface area contributed by atoms with Crippen molar-refractivity contribution in [3.63, 3.8) is 0 Å². The van der Waals surface area contributed by atoms with Crippen LogP contribution in [0.1, 0.15) is 28.1 Å². The second kappa shape index (κ2) is 5.97. The maximum absolute atomic E-state index is 11.9. The highest BCUT2D eigenvalue weighted by Gasteiger charge is 2.28. The van der Waals surface area contributed by atoms with Gasteiger partial charge in [0.25, 0.3) is 5.91 Å². The lowest BCUT2D eigenvalue weighted by Gasteiger charge is -2.20. The molecular weight excluding hydrogens is 264 g/mol. The Morgan fingerprint density at radius 2 is 2.37 bits per heavy atom. The molecule has 2 heterocycles. The van der Waals surface area contributed by atoms with Crippen molar-refractivity contribution in [2.24, 2.45) is 0 Å². The van der Waals surface area contributed by atoms with Crippen molar-refractivity contribution >= 4 is 29.4 Å². The van der Waals surface area contributed by atoms with Crippen LogP contribution in [-0.2, 0) is 9.59 Å². The first-order chi connectivity index (χ1) is 9.13. The van der Waals surface area contributed by atoms with Crippen LogP contribution < -0.4 is 5.32 Å². The maximum atomic E-state index is 11.9. The van der Waals surface area contributed by atoms with E-state index in [1.165, 1.54) is 16.2 Å². The van der Waals surface area contributed by atoms with Crippen molar-refractivity contribution in [3.8, 4) is 0 Å². The van der Waals surface area contributed by atoms with E-state index in [4.69, 9.17) is 0 Å². The first-order valence-electron chi connectivity index (χ1n) is 6.20. The van der Waals surface area contributed by atoms with E-state index >= 15 is 0 Å². The molecule has 1 aliphatic heterocycles. The second-order valence-electron chi connectivity index (χ2n) is 4.55. The molecule has 2 amide bonds. The van der Waals surface area contributed by atoms with Crippen LogP contribution in [0.25, 0.3) is 0 Å². The fourth-order valence-electron chi connectivity index (χ4n) is 2.19. The lowest BCUT2D eigenvalue weighted by molar-refractivity contribution is -0.133. The van der Waals surface area contributed by atoms with Crippen molar-refractivity contribution in [1.82, 2.24) is 10.2 Å². The first-order valence-corrected chi connectivity index (χ1v) is 7.08. The smallest absolute Gasteiger partial charge is 0.262 e. The highest BCUT2D eigenvalue weighted by atomic mass is 32.1. The number of carbonyl (C=O) groups excluding carboxylic acids is 3. The lowest BCUT2D eigenvalue weighted by Crippen LogP contribution is -2.43. The summed E-state index contributed by atoms with van der Waals surface area (Å²) in [6.07, 6.45) is 2.36. The predicted octanol–water partition coefficient (Wildman–Crippen LogP) is 0.976. The minimum absolute atomic E-state index is 0.0550. The Morgan fingerprint density at radius 3 is 3.00 bits per heavy atom. The van der Waals surface area contributed by atoms with Gasteiger partial charge in [0.05, 0.1) is 17.5 Å². The highest BCUT2D eigenvalue weighted by molar-refractivity contribution is 7.12. The number of carbonyl (C=O) groups is 3. The molecule has 0 aromatic carbocycles. The van der Waals surface area contributed by atoms with Gasteiger partial charge < -0.3 is 15.0 Å². The highest BCUT2D eigenvalue weighted by Crippen LogP contribution is 2.16. The molecule has 0 aliphatic carbocycles. The number of hydrogen-bond donors (Lipinski definition) is 1. The van der Waals surface area contributed by atoms with Gasteiger partial charge in [-0.3, -0.25) is 9.59 Å². The third-order valence-electron chi connectivity index (χ3n) is 3.25. The molecular formula is C13H16N2O3S. The number of thiophene rings is 1. The Morgan fingerprint density at radius 1 is 1.58 bits per heavy atom. The van der Waals surface area contributed by atoms with Gasteiger partial charge in [0, 0.05) is 6.54 Å². The van der Waals surface area contributed by atoms with Gasteiger partial charge in [-0.1, -0.05) is 0 Å². The fourth-order valence-corrected chi connectivity index (χ4v) is 3.03. The van der Waals surface area contributed by atoms with Crippen LogP contribution in [0.4, 0.5) is 0 Å². The van der Waals surface area contributed by atoms with Crippen LogP contribution in [0.2, 0.25) is 0 Å². The van der Waals surface area contributed by atoms with Gasteiger partial charge >= 0.3 is 0 Å². The molecule has 1 aromatic rings. The molecule has 1 fully saturated rings. The number of nitrogens with zero attached hydrogens (tertiary/aromatic N) is 1. The maximum Gasteiger partial charge on any atom is 0.262 e. The molecule has 1 aliphatic rings. The molecule has 0 unspecified atom stereocenters. The Hall–Kier alpha value is -1.69. The average Bonchev–Trinajstić information content (AvgIpc) is 3.03. The predicted molar refractivity (Wildman–Crippen MR) is 72.2 cm³/mol.